The fourth-order valence-electron chi connectivity index (χ4n) is 0.253. The highest BCUT2D eigenvalue weighted by molar-refractivity contribution is 7.86. The molecule has 0 bridgehead atoms. The van der Waals surface area contributed by atoms with Crippen molar-refractivity contribution in [2.75, 3.05) is 13.2 Å². The van der Waals surface area contributed by atoms with Gasteiger partial charge >= 0.3 is 0 Å². The maximum atomic E-state index is 8.98. The van der Waals surface area contributed by atoms with Gasteiger partial charge in [-0.05, 0) is 0 Å². The normalized spacial score (nSPS) is 23.4. The maximum absolute atomic E-state index is 8.98. The largest absolute Gasteiger partial charge is 0.392 e. The van der Waals surface area contributed by atoms with Crippen LogP contribution in [0, 0.1) is 0 Å². The Morgan fingerprint density at radius 3 is 1.20 bits per heavy atom. The van der Waals surface area contributed by atoms with Crippen molar-refractivity contribution in [2.45, 2.75) is 9.87 Å². The molecule has 0 rings (SSSR count). The maximum Gasteiger partial charge on any atom is 0.170 e. The third-order valence-corrected chi connectivity index (χ3v) is 2.28. The van der Waals surface area contributed by atoms with Gasteiger partial charge in [-0.1, -0.05) is 0 Å². The predicted molar refractivity (Wildman–Crippen MR) is 42.0 cm³/mol. The Kier molecular flexibility index (Phi) is 3.47. The van der Waals surface area contributed by atoms with Gasteiger partial charge in [0.25, 0.3) is 0 Å². The highest BCUT2D eigenvalue weighted by Gasteiger charge is 2.43. The first-order valence-corrected chi connectivity index (χ1v) is 3.38. The van der Waals surface area contributed by atoms with E-state index in [1.165, 1.54) is 0 Å². The van der Waals surface area contributed by atoms with Gasteiger partial charge in [0, 0.05) is 0 Å². The van der Waals surface area contributed by atoms with Crippen molar-refractivity contribution in [3.05, 3.63) is 0 Å². The summed E-state index contributed by atoms with van der Waals surface area (Å²) < 4.78 is 0. The first-order chi connectivity index (χ1) is 4.37. The zero-order chi connectivity index (χ0) is 8.41. The lowest BCUT2D eigenvalue weighted by atomic mass is 10.2. The minimum absolute atomic E-state index is 0.795. The first-order valence-electron chi connectivity index (χ1n) is 2.48. The van der Waals surface area contributed by atoms with E-state index in [1.54, 1.807) is 0 Å². The molecule has 0 aromatic heterocycles. The zero-order valence-electron chi connectivity index (χ0n) is 5.10. The zero-order valence-corrected chi connectivity index (χ0v) is 6.89. The fourth-order valence-corrected chi connectivity index (χ4v) is 0.395. The summed E-state index contributed by atoms with van der Waals surface area (Å²) in [5.74, 6) is 0. The van der Waals surface area contributed by atoms with E-state index in [9.17, 15) is 0 Å². The molecule has 2 atom stereocenters. The van der Waals surface area contributed by atoms with E-state index in [0.29, 0.717) is 0 Å². The van der Waals surface area contributed by atoms with Crippen molar-refractivity contribution >= 4 is 25.3 Å². The van der Waals surface area contributed by atoms with Crippen LogP contribution in [0.3, 0.4) is 0 Å². The fraction of sp³-hybridized carbons (Fsp3) is 1.00. The number of aliphatic hydroxyl groups is 4. The van der Waals surface area contributed by atoms with Crippen molar-refractivity contribution < 1.29 is 20.4 Å². The van der Waals surface area contributed by atoms with Crippen molar-refractivity contribution in [3.8, 4) is 0 Å². The van der Waals surface area contributed by atoms with Gasteiger partial charge in [0.1, 0.15) is 0 Å². The lowest BCUT2D eigenvalue weighted by Crippen LogP contribution is -2.51. The van der Waals surface area contributed by atoms with Crippen LogP contribution in [0.5, 0.6) is 0 Å². The van der Waals surface area contributed by atoms with Crippen LogP contribution in [0.25, 0.3) is 0 Å². The lowest BCUT2D eigenvalue weighted by Gasteiger charge is -2.33. The molecular weight excluding hydrogens is 176 g/mol. The molecule has 0 fully saturated rings. The Balaban J connectivity index is 4.28. The summed E-state index contributed by atoms with van der Waals surface area (Å²) in [5, 5.41) is 34.8. The molecule has 0 spiro atoms. The van der Waals surface area contributed by atoms with Crippen LogP contribution in [0.15, 0.2) is 0 Å². The molecule has 4 N–H and O–H groups in total. The van der Waals surface area contributed by atoms with Gasteiger partial charge in [0.15, 0.2) is 9.87 Å². The van der Waals surface area contributed by atoms with Crippen molar-refractivity contribution in [1.29, 1.82) is 0 Å². The molecule has 0 saturated heterocycles. The van der Waals surface area contributed by atoms with Gasteiger partial charge in [-0.3, -0.25) is 0 Å². The topological polar surface area (TPSA) is 80.9 Å². The van der Waals surface area contributed by atoms with Crippen LogP contribution in [0.1, 0.15) is 0 Å². The van der Waals surface area contributed by atoms with Crippen molar-refractivity contribution in [2.24, 2.45) is 0 Å². The van der Waals surface area contributed by atoms with Crippen molar-refractivity contribution in [3.63, 3.8) is 0 Å². The monoisotopic (exact) mass is 186 g/mol. The molecule has 0 saturated carbocycles. The number of hydrogen-bond donors (Lipinski definition) is 6. The molecule has 0 aromatic carbocycles. The van der Waals surface area contributed by atoms with E-state index in [2.05, 4.69) is 25.3 Å². The van der Waals surface area contributed by atoms with Crippen LogP contribution < -0.4 is 0 Å². The Morgan fingerprint density at radius 1 is 0.900 bits per heavy atom. The predicted octanol–water partition coefficient (Wildman–Crippen LogP) is -1.79. The van der Waals surface area contributed by atoms with E-state index in [-0.39, 0.29) is 0 Å². The van der Waals surface area contributed by atoms with Crippen LogP contribution in [-0.2, 0) is 0 Å². The van der Waals surface area contributed by atoms with Gasteiger partial charge in [0.05, 0.1) is 13.2 Å². The smallest absolute Gasteiger partial charge is 0.170 e. The molecule has 6 heteroatoms. The molecule has 0 aromatic rings. The van der Waals surface area contributed by atoms with E-state index in [1.807, 2.05) is 0 Å². The molecule has 0 radical (unpaired) electrons. The minimum atomic E-state index is -2.09. The number of hydrogen-bond acceptors (Lipinski definition) is 6. The Labute approximate surface area is 69.3 Å². The summed E-state index contributed by atoms with van der Waals surface area (Å²) >= 11 is 6.93. The van der Waals surface area contributed by atoms with E-state index in [0.717, 1.165) is 0 Å². The average Bonchev–Trinajstić information content (AvgIpc) is 1.88. The highest BCUT2D eigenvalue weighted by Crippen LogP contribution is 2.28. The van der Waals surface area contributed by atoms with Crippen LogP contribution in [0.4, 0.5) is 0 Å². The van der Waals surface area contributed by atoms with Gasteiger partial charge in [-0.15, -0.1) is 25.3 Å². The number of thiol groups is 2. The molecule has 0 unspecified atom stereocenters. The molecule has 62 valence electrons. The summed E-state index contributed by atoms with van der Waals surface area (Å²) in [4.78, 5) is -4.18. The van der Waals surface area contributed by atoms with Gasteiger partial charge in [0.2, 0.25) is 0 Å². The van der Waals surface area contributed by atoms with E-state index in [4.69, 9.17) is 20.4 Å². The van der Waals surface area contributed by atoms with Crippen LogP contribution in [0.2, 0.25) is 0 Å². The Bertz CT molecular complexity index is 99.8. The van der Waals surface area contributed by atoms with E-state index >= 15 is 0 Å². The Morgan fingerprint density at radius 2 is 1.10 bits per heavy atom. The second-order valence-corrected chi connectivity index (χ2v) is 3.43. The molecule has 10 heavy (non-hydrogen) atoms. The molecule has 0 aliphatic carbocycles. The molecule has 0 amide bonds. The van der Waals surface area contributed by atoms with Crippen LogP contribution >= 0.6 is 25.3 Å². The third kappa shape index (κ3) is 2.01. The quantitative estimate of drug-likeness (QED) is 0.232. The highest BCUT2D eigenvalue weighted by atomic mass is 32.1. The average molecular weight is 186 g/mol. The standard InChI is InChI=1S/C4H10O4S2/c5-1-3(7,9)4(8,10)2-6/h5-10H,1-2H2/t3-,4-/m0/s1. The van der Waals surface area contributed by atoms with Crippen LogP contribution in [-0.4, -0.2) is 43.5 Å². The molecule has 0 aliphatic rings. The second-order valence-electron chi connectivity index (χ2n) is 1.95. The summed E-state index contributed by atoms with van der Waals surface area (Å²) in [5.41, 5.74) is 0. The summed E-state index contributed by atoms with van der Waals surface area (Å²) in [6.07, 6.45) is 0. The van der Waals surface area contributed by atoms with Gasteiger partial charge < -0.3 is 20.4 Å². The SMILES string of the molecule is OC[C@](O)(S)[C@@](O)(S)CO. The molecule has 0 aliphatic heterocycles. The van der Waals surface area contributed by atoms with E-state index < -0.39 is 23.1 Å². The Hall–Kier alpha value is 0.540. The first kappa shape index (κ1) is 10.5. The third-order valence-electron chi connectivity index (χ3n) is 1.08. The molecule has 4 nitrogen and oxygen atoms in total. The van der Waals surface area contributed by atoms with Gasteiger partial charge in [-0.25, -0.2) is 0 Å². The van der Waals surface area contributed by atoms with Gasteiger partial charge in [-0.2, -0.15) is 0 Å². The number of aliphatic hydroxyl groups excluding tert-OH is 2. The number of rotatable bonds is 3. The molecular formula is C4H10O4S2. The lowest BCUT2D eigenvalue weighted by molar-refractivity contribution is -0.0809. The summed E-state index contributed by atoms with van der Waals surface area (Å²) in [6.45, 7) is -1.59. The summed E-state index contributed by atoms with van der Waals surface area (Å²) in [7, 11) is 0. The molecule has 0 heterocycles. The van der Waals surface area contributed by atoms with Crippen molar-refractivity contribution in [1.82, 2.24) is 0 Å². The summed E-state index contributed by atoms with van der Waals surface area (Å²) in [6, 6.07) is 0. The minimum Gasteiger partial charge on any atom is -0.392 e. The second kappa shape index (κ2) is 3.29.